The maximum absolute atomic E-state index is 11.3. The summed E-state index contributed by atoms with van der Waals surface area (Å²) in [6, 6.07) is 6.89. The number of hydrogen-bond donors (Lipinski definition) is 2. The first-order valence-electron chi connectivity index (χ1n) is 4.78. The van der Waals surface area contributed by atoms with E-state index in [4.69, 9.17) is 15.9 Å². The van der Waals surface area contributed by atoms with Gasteiger partial charge in [-0.25, -0.2) is 0 Å². The molecule has 86 valence electrons. The van der Waals surface area contributed by atoms with Crippen molar-refractivity contribution in [1.82, 2.24) is 4.90 Å². The van der Waals surface area contributed by atoms with Crippen LogP contribution >= 0.6 is 0 Å². The zero-order chi connectivity index (χ0) is 12.1. The lowest BCUT2D eigenvalue weighted by Crippen LogP contribution is -2.28. The number of carbonyl (C=O) groups excluding carboxylic acids is 1. The molecule has 0 aliphatic rings. The van der Waals surface area contributed by atoms with Crippen molar-refractivity contribution in [3.8, 4) is 5.75 Å². The van der Waals surface area contributed by atoms with Gasteiger partial charge < -0.3 is 15.4 Å². The van der Waals surface area contributed by atoms with Crippen LogP contribution < -0.4 is 10.5 Å². The van der Waals surface area contributed by atoms with Gasteiger partial charge in [0.1, 0.15) is 11.6 Å². The predicted molar refractivity (Wildman–Crippen MR) is 61.6 cm³/mol. The summed E-state index contributed by atoms with van der Waals surface area (Å²) in [4.78, 5) is 12.8. The molecule has 0 heterocycles. The molecule has 5 nitrogen and oxygen atoms in total. The molecule has 0 atom stereocenters. The third kappa shape index (κ3) is 2.98. The minimum Gasteiger partial charge on any atom is -0.483 e. The third-order valence-electron chi connectivity index (χ3n) is 2.03. The maximum atomic E-state index is 11.3. The number of hydrogen-bond acceptors (Lipinski definition) is 3. The van der Waals surface area contributed by atoms with E-state index in [0.29, 0.717) is 11.3 Å². The van der Waals surface area contributed by atoms with Crippen LogP contribution in [0.5, 0.6) is 5.75 Å². The predicted octanol–water partition coefficient (Wildman–Crippen LogP) is 0.438. The van der Waals surface area contributed by atoms with Crippen LogP contribution in [0.2, 0.25) is 0 Å². The molecule has 0 saturated heterocycles. The van der Waals surface area contributed by atoms with Crippen molar-refractivity contribution in [3.05, 3.63) is 29.8 Å². The van der Waals surface area contributed by atoms with Gasteiger partial charge in [-0.15, -0.1) is 0 Å². The van der Waals surface area contributed by atoms with Gasteiger partial charge in [0.05, 0.1) is 5.56 Å². The van der Waals surface area contributed by atoms with Gasteiger partial charge in [-0.1, -0.05) is 12.1 Å². The van der Waals surface area contributed by atoms with E-state index in [2.05, 4.69) is 0 Å². The molecule has 0 aromatic heterocycles. The highest BCUT2D eigenvalue weighted by Gasteiger charge is 2.09. The Morgan fingerprint density at radius 3 is 2.62 bits per heavy atom. The first kappa shape index (κ1) is 12.0. The quantitative estimate of drug-likeness (QED) is 0.572. The maximum Gasteiger partial charge on any atom is 0.259 e. The molecular weight excluding hydrogens is 206 g/mol. The fraction of sp³-hybridized carbons (Fsp3) is 0.273. The summed E-state index contributed by atoms with van der Waals surface area (Å²) in [5, 5.41) is 7.35. The number of para-hydroxylation sites is 1. The average molecular weight is 221 g/mol. The number of carbonyl (C=O) groups is 1. The van der Waals surface area contributed by atoms with Crippen molar-refractivity contribution in [2.75, 3.05) is 20.7 Å². The van der Waals surface area contributed by atoms with Gasteiger partial charge >= 0.3 is 0 Å². The van der Waals surface area contributed by atoms with Gasteiger partial charge in [0, 0.05) is 14.1 Å². The standard InChI is InChI=1S/C11H15N3O2/c1-14(2)10(15)7-16-9-6-4-3-5-8(9)11(12)13/h3-6H,7H2,1-2H3,(H3,12,13). The molecule has 0 spiro atoms. The number of benzene rings is 1. The molecule has 1 amide bonds. The molecule has 0 aliphatic carbocycles. The Hall–Kier alpha value is -2.04. The van der Waals surface area contributed by atoms with E-state index >= 15 is 0 Å². The van der Waals surface area contributed by atoms with E-state index in [9.17, 15) is 4.79 Å². The minimum absolute atomic E-state index is 0.0582. The molecular formula is C11H15N3O2. The molecule has 1 aromatic rings. The van der Waals surface area contributed by atoms with E-state index in [1.54, 1.807) is 38.4 Å². The van der Waals surface area contributed by atoms with Crippen molar-refractivity contribution in [3.63, 3.8) is 0 Å². The van der Waals surface area contributed by atoms with E-state index in [-0.39, 0.29) is 18.3 Å². The highest BCUT2D eigenvalue weighted by Crippen LogP contribution is 2.16. The van der Waals surface area contributed by atoms with Crippen molar-refractivity contribution in [2.24, 2.45) is 5.73 Å². The molecule has 0 unspecified atom stereocenters. The second-order valence-corrected chi connectivity index (χ2v) is 3.49. The molecule has 1 rings (SSSR count). The molecule has 1 aromatic carbocycles. The zero-order valence-electron chi connectivity index (χ0n) is 9.36. The van der Waals surface area contributed by atoms with Crippen LogP contribution in [0.1, 0.15) is 5.56 Å². The Balaban J connectivity index is 2.74. The molecule has 5 heteroatoms. The number of amidine groups is 1. The van der Waals surface area contributed by atoms with Crippen LogP contribution in [0.15, 0.2) is 24.3 Å². The van der Waals surface area contributed by atoms with Crippen LogP contribution in [0.4, 0.5) is 0 Å². The van der Waals surface area contributed by atoms with Crippen LogP contribution in [0.25, 0.3) is 0 Å². The van der Waals surface area contributed by atoms with Gasteiger partial charge in [-0.05, 0) is 12.1 Å². The average Bonchev–Trinajstić information content (AvgIpc) is 2.25. The van der Waals surface area contributed by atoms with E-state index < -0.39 is 0 Å². The summed E-state index contributed by atoms with van der Waals surface area (Å²) in [5.74, 6) is 0.233. The lowest BCUT2D eigenvalue weighted by Gasteiger charge is -2.13. The molecule has 0 aliphatic heterocycles. The molecule has 16 heavy (non-hydrogen) atoms. The summed E-state index contributed by atoms with van der Waals surface area (Å²) < 4.78 is 5.31. The van der Waals surface area contributed by atoms with Crippen LogP contribution in [-0.4, -0.2) is 37.3 Å². The molecule has 0 fully saturated rings. The van der Waals surface area contributed by atoms with E-state index in [0.717, 1.165) is 0 Å². The number of nitrogens with one attached hydrogen (secondary N) is 1. The largest absolute Gasteiger partial charge is 0.483 e. The Kier molecular flexibility index (Phi) is 3.88. The summed E-state index contributed by atoms with van der Waals surface area (Å²) in [5.41, 5.74) is 5.88. The smallest absolute Gasteiger partial charge is 0.259 e. The molecule has 0 radical (unpaired) electrons. The highest BCUT2D eigenvalue weighted by molar-refractivity contribution is 5.97. The van der Waals surface area contributed by atoms with E-state index in [1.165, 1.54) is 4.90 Å². The lowest BCUT2D eigenvalue weighted by molar-refractivity contribution is -0.130. The summed E-state index contributed by atoms with van der Waals surface area (Å²) in [6.45, 7) is -0.0582. The van der Waals surface area contributed by atoms with Crippen molar-refractivity contribution in [2.45, 2.75) is 0 Å². The summed E-state index contributed by atoms with van der Waals surface area (Å²) >= 11 is 0. The van der Waals surface area contributed by atoms with Crippen LogP contribution in [0.3, 0.4) is 0 Å². The normalized spacial score (nSPS) is 9.62. The van der Waals surface area contributed by atoms with Gasteiger partial charge in [0.25, 0.3) is 5.91 Å². The van der Waals surface area contributed by atoms with Gasteiger partial charge in [-0.2, -0.15) is 0 Å². The topological polar surface area (TPSA) is 79.4 Å². The number of amides is 1. The van der Waals surface area contributed by atoms with Gasteiger partial charge in [0.2, 0.25) is 0 Å². The number of ether oxygens (including phenoxy) is 1. The minimum atomic E-state index is -0.140. The van der Waals surface area contributed by atoms with Gasteiger partial charge in [0.15, 0.2) is 6.61 Å². The lowest BCUT2D eigenvalue weighted by atomic mass is 10.2. The number of rotatable bonds is 4. The number of nitrogens with zero attached hydrogens (tertiary/aromatic N) is 1. The monoisotopic (exact) mass is 221 g/mol. The SMILES string of the molecule is CN(C)C(=O)COc1ccccc1C(=N)N. The first-order chi connectivity index (χ1) is 7.52. The Bertz CT molecular complexity index is 402. The Labute approximate surface area is 94.3 Å². The molecule has 0 bridgehead atoms. The van der Waals surface area contributed by atoms with Crippen molar-refractivity contribution < 1.29 is 9.53 Å². The number of nitrogens with two attached hydrogens (primary N) is 1. The Morgan fingerprint density at radius 1 is 1.44 bits per heavy atom. The van der Waals surface area contributed by atoms with Crippen molar-refractivity contribution >= 4 is 11.7 Å². The van der Waals surface area contributed by atoms with E-state index in [1.807, 2.05) is 0 Å². The Morgan fingerprint density at radius 2 is 2.06 bits per heavy atom. The van der Waals surface area contributed by atoms with Crippen LogP contribution in [-0.2, 0) is 4.79 Å². The van der Waals surface area contributed by atoms with Crippen LogP contribution in [0, 0.1) is 5.41 Å². The number of likely N-dealkylation sites (N-methyl/N-ethyl adjacent to an activating group) is 1. The highest BCUT2D eigenvalue weighted by atomic mass is 16.5. The summed E-state index contributed by atoms with van der Waals surface area (Å²) in [6.07, 6.45) is 0. The van der Waals surface area contributed by atoms with Crippen molar-refractivity contribution in [1.29, 1.82) is 5.41 Å². The number of nitrogen functional groups attached to an aromatic ring is 1. The fourth-order valence-electron chi connectivity index (χ4n) is 1.08. The molecule has 0 saturated carbocycles. The third-order valence-corrected chi connectivity index (χ3v) is 2.03. The van der Waals surface area contributed by atoms with Gasteiger partial charge in [-0.3, -0.25) is 10.2 Å². The second-order valence-electron chi connectivity index (χ2n) is 3.49. The zero-order valence-corrected chi connectivity index (χ0v) is 9.36. The second kappa shape index (κ2) is 5.16. The molecule has 3 N–H and O–H groups in total. The fourth-order valence-corrected chi connectivity index (χ4v) is 1.08. The summed E-state index contributed by atoms with van der Waals surface area (Å²) in [7, 11) is 3.31. The first-order valence-corrected chi connectivity index (χ1v) is 4.78.